The van der Waals surface area contributed by atoms with E-state index in [9.17, 15) is 9.59 Å². The summed E-state index contributed by atoms with van der Waals surface area (Å²) in [7, 11) is 0. The molecular formula is C14H17N3O3. The van der Waals surface area contributed by atoms with Crippen LogP contribution in [-0.4, -0.2) is 33.1 Å². The number of carbonyl (C=O) groups is 1. The summed E-state index contributed by atoms with van der Waals surface area (Å²) in [6.45, 7) is 3.55. The van der Waals surface area contributed by atoms with Gasteiger partial charge in [0.25, 0.3) is 11.5 Å². The van der Waals surface area contributed by atoms with Gasteiger partial charge in [0.15, 0.2) is 5.82 Å². The molecule has 1 heterocycles. The molecule has 0 spiro atoms. The maximum Gasteiger partial charge on any atom is 0.287 e. The Morgan fingerprint density at radius 3 is 2.80 bits per heavy atom. The molecule has 1 amide bonds. The quantitative estimate of drug-likeness (QED) is 0.769. The minimum absolute atomic E-state index is 0.0280. The number of H-pyrrole nitrogens is 1. The fourth-order valence-corrected chi connectivity index (χ4v) is 1.90. The summed E-state index contributed by atoms with van der Waals surface area (Å²) in [6.07, 6.45) is 0.413. The molecule has 3 N–H and O–H groups in total. The maximum absolute atomic E-state index is 12.1. The second-order valence-electron chi connectivity index (χ2n) is 5.24. The monoisotopic (exact) mass is 275 g/mol. The molecule has 0 saturated heterocycles. The van der Waals surface area contributed by atoms with Crippen molar-refractivity contribution in [1.29, 1.82) is 0 Å². The van der Waals surface area contributed by atoms with E-state index in [-0.39, 0.29) is 18.0 Å². The smallest absolute Gasteiger partial charge is 0.287 e. The lowest BCUT2D eigenvalue weighted by Crippen LogP contribution is -2.45. The number of para-hydroxylation sites is 1. The molecule has 0 aliphatic heterocycles. The number of aromatic nitrogens is 2. The van der Waals surface area contributed by atoms with Gasteiger partial charge in [-0.05, 0) is 32.4 Å². The van der Waals surface area contributed by atoms with Gasteiger partial charge < -0.3 is 15.4 Å². The van der Waals surface area contributed by atoms with Gasteiger partial charge in [-0.15, -0.1) is 0 Å². The van der Waals surface area contributed by atoms with Crippen LogP contribution in [0.4, 0.5) is 0 Å². The second-order valence-corrected chi connectivity index (χ2v) is 5.24. The Labute approximate surface area is 115 Å². The summed E-state index contributed by atoms with van der Waals surface area (Å²) in [5, 5.41) is 12.1. The lowest BCUT2D eigenvalue weighted by Gasteiger charge is -2.24. The second kappa shape index (κ2) is 5.42. The molecule has 2 rings (SSSR count). The lowest BCUT2D eigenvalue weighted by atomic mass is 10.0. The number of nitrogens with zero attached hydrogens (tertiary/aromatic N) is 1. The molecule has 0 saturated carbocycles. The van der Waals surface area contributed by atoms with Gasteiger partial charge in [-0.2, -0.15) is 0 Å². The van der Waals surface area contributed by atoms with Crippen LogP contribution in [-0.2, 0) is 0 Å². The van der Waals surface area contributed by atoms with Crippen LogP contribution in [0.25, 0.3) is 10.9 Å². The Bertz CT molecular complexity index is 691. The van der Waals surface area contributed by atoms with Crippen molar-refractivity contribution in [2.75, 3.05) is 6.61 Å². The molecule has 0 radical (unpaired) electrons. The first kappa shape index (κ1) is 14.2. The standard InChI is InChI=1S/C14H17N3O3/c1-14(2,7-8-18)17-13(20)11-15-10-6-4-3-5-9(10)12(19)16-11/h3-6,18H,7-8H2,1-2H3,(H,17,20)(H,15,16,19). The van der Waals surface area contributed by atoms with Crippen LogP contribution in [0.15, 0.2) is 29.1 Å². The number of benzene rings is 1. The summed E-state index contributed by atoms with van der Waals surface area (Å²) in [5.74, 6) is -0.494. The van der Waals surface area contributed by atoms with Crippen LogP contribution in [0.1, 0.15) is 30.9 Å². The van der Waals surface area contributed by atoms with Crippen molar-refractivity contribution in [3.63, 3.8) is 0 Å². The number of aliphatic hydroxyl groups excluding tert-OH is 1. The predicted molar refractivity (Wildman–Crippen MR) is 75.6 cm³/mol. The Morgan fingerprint density at radius 2 is 2.10 bits per heavy atom. The summed E-state index contributed by atoms with van der Waals surface area (Å²) < 4.78 is 0. The number of hydrogen-bond donors (Lipinski definition) is 3. The molecule has 6 heteroatoms. The number of fused-ring (bicyclic) bond motifs is 1. The van der Waals surface area contributed by atoms with Gasteiger partial charge in [0.1, 0.15) is 0 Å². The van der Waals surface area contributed by atoms with Crippen molar-refractivity contribution in [3.05, 3.63) is 40.4 Å². The van der Waals surface area contributed by atoms with Crippen molar-refractivity contribution < 1.29 is 9.90 Å². The number of rotatable bonds is 4. The molecule has 0 atom stereocenters. The average molecular weight is 275 g/mol. The average Bonchev–Trinajstić information content (AvgIpc) is 2.38. The Kier molecular flexibility index (Phi) is 3.85. The molecule has 0 fully saturated rings. The Morgan fingerprint density at radius 1 is 1.40 bits per heavy atom. The molecule has 0 unspecified atom stereocenters. The number of carbonyl (C=O) groups excluding carboxylic acids is 1. The van der Waals surface area contributed by atoms with E-state index in [4.69, 9.17) is 5.11 Å². The van der Waals surface area contributed by atoms with Gasteiger partial charge >= 0.3 is 0 Å². The van der Waals surface area contributed by atoms with Crippen molar-refractivity contribution >= 4 is 16.8 Å². The fourth-order valence-electron chi connectivity index (χ4n) is 1.90. The molecule has 6 nitrogen and oxygen atoms in total. The molecule has 1 aromatic carbocycles. The lowest BCUT2D eigenvalue weighted by molar-refractivity contribution is 0.0889. The highest BCUT2D eigenvalue weighted by atomic mass is 16.3. The molecule has 0 aliphatic carbocycles. The van der Waals surface area contributed by atoms with Crippen LogP contribution in [0.5, 0.6) is 0 Å². The fraction of sp³-hybridized carbons (Fsp3) is 0.357. The third-order valence-electron chi connectivity index (χ3n) is 3.02. The van der Waals surface area contributed by atoms with E-state index in [0.717, 1.165) is 0 Å². The molecule has 2 aromatic rings. The molecule has 0 aliphatic rings. The van der Waals surface area contributed by atoms with Gasteiger partial charge in [-0.3, -0.25) is 9.59 Å². The zero-order valence-electron chi connectivity index (χ0n) is 11.4. The minimum Gasteiger partial charge on any atom is -0.396 e. The third kappa shape index (κ3) is 3.03. The Hall–Kier alpha value is -2.21. The number of hydrogen-bond acceptors (Lipinski definition) is 4. The highest BCUT2D eigenvalue weighted by Crippen LogP contribution is 2.09. The van der Waals surface area contributed by atoms with E-state index in [1.54, 1.807) is 38.1 Å². The van der Waals surface area contributed by atoms with Crippen molar-refractivity contribution in [2.45, 2.75) is 25.8 Å². The number of aliphatic hydroxyl groups is 1. The van der Waals surface area contributed by atoms with Gasteiger partial charge in [-0.25, -0.2) is 4.98 Å². The van der Waals surface area contributed by atoms with Gasteiger partial charge in [0, 0.05) is 12.1 Å². The zero-order valence-corrected chi connectivity index (χ0v) is 11.4. The third-order valence-corrected chi connectivity index (χ3v) is 3.02. The van der Waals surface area contributed by atoms with Crippen molar-refractivity contribution in [3.8, 4) is 0 Å². The first-order valence-corrected chi connectivity index (χ1v) is 6.35. The maximum atomic E-state index is 12.1. The van der Waals surface area contributed by atoms with E-state index in [2.05, 4.69) is 15.3 Å². The van der Waals surface area contributed by atoms with Crippen LogP contribution in [0.2, 0.25) is 0 Å². The number of aromatic amines is 1. The van der Waals surface area contributed by atoms with Crippen LogP contribution < -0.4 is 10.9 Å². The first-order chi connectivity index (χ1) is 9.43. The van der Waals surface area contributed by atoms with E-state index in [1.165, 1.54) is 0 Å². The molecule has 20 heavy (non-hydrogen) atoms. The molecular weight excluding hydrogens is 258 g/mol. The van der Waals surface area contributed by atoms with E-state index >= 15 is 0 Å². The largest absolute Gasteiger partial charge is 0.396 e. The van der Waals surface area contributed by atoms with Gasteiger partial charge in [0.2, 0.25) is 0 Å². The van der Waals surface area contributed by atoms with Crippen LogP contribution >= 0.6 is 0 Å². The predicted octanol–water partition coefficient (Wildman–Crippen LogP) is 0.814. The SMILES string of the molecule is CC(C)(CCO)NC(=O)c1nc2ccccc2c(=O)[nH]1. The van der Waals surface area contributed by atoms with Crippen molar-refractivity contribution in [1.82, 2.24) is 15.3 Å². The van der Waals surface area contributed by atoms with E-state index < -0.39 is 11.4 Å². The zero-order chi connectivity index (χ0) is 14.8. The number of nitrogens with one attached hydrogen (secondary N) is 2. The van der Waals surface area contributed by atoms with Crippen LogP contribution in [0.3, 0.4) is 0 Å². The summed E-state index contributed by atoms with van der Waals surface area (Å²) in [6, 6.07) is 6.83. The highest BCUT2D eigenvalue weighted by molar-refractivity contribution is 5.93. The molecule has 106 valence electrons. The summed E-state index contributed by atoms with van der Waals surface area (Å²) >= 11 is 0. The topological polar surface area (TPSA) is 95.1 Å². The van der Waals surface area contributed by atoms with Gasteiger partial charge in [0.05, 0.1) is 10.9 Å². The van der Waals surface area contributed by atoms with E-state index in [0.29, 0.717) is 17.3 Å². The van der Waals surface area contributed by atoms with E-state index in [1.807, 2.05) is 0 Å². The summed E-state index contributed by atoms with van der Waals surface area (Å²) in [5.41, 5.74) is -0.446. The Balaban J connectivity index is 2.34. The molecule has 1 aromatic heterocycles. The molecule has 0 bridgehead atoms. The van der Waals surface area contributed by atoms with Crippen molar-refractivity contribution in [2.24, 2.45) is 0 Å². The first-order valence-electron chi connectivity index (χ1n) is 6.35. The minimum atomic E-state index is -0.573. The highest BCUT2D eigenvalue weighted by Gasteiger charge is 2.22. The summed E-state index contributed by atoms with van der Waals surface area (Å²) in [4.78, 5) is 30.6. The number of amides is 1. The van der Waals surface area contributed by atoms with Gasteiger partial charge in [-0.1, -0.05) is 12.1 Å². The normalized spacial score (nSPS) is 11.6. The van der Waals surface area contributed by atoms with Crippen LogP contribution in [0, 0.1) is 0 Å².